The number of guanidine groups is 1. The minimum Gasteiger partial charge on any atom is -0.368 e. The molecule has 2 rings (SSSR count). The number of amides is 1. The lowest BCUT2D eigenvalue weighted by Crippen LogP contribution is -2.52. The molecular formula is C20H31F3IN5O. The highest BCUT2D eigenvalue weighted by atomic mass is 127. The van der Waals surface area contributed by atoms with Gasteiger partial charge in [-0.15, -0.1) is 24.0 Å². The molecule has 0 spiro atoms. The van der Waals surface area contributed by atoms with Gasteiger partial charge in [0.15, 0.2) is 5.96 Å². The predicted molar refractivity (Wildman–Crippen MR) is 124 cm³/mol. The zero-order valence-electron chi connectivity index (χ0n) is 17.6. The van der Waals surface area contributed by atoms with E-state index in [1.165, 1.54) is 12.1 Å². The molecule has 0 radical (unpaired) electrons. The Balaban J connectivity index is 0.00000450. The van der Waals surface area contributed by atoms with Crippen LogP contribution in [-0.4, -0.2) is 62.6 Å². The maximum absolute atomic E-state index is 13.0. The molecule has 1 fully saturated rings. The fraction of sp³-hybridized carbons (Fsp3) is 0.600. The number of anilines is 1. The van der Waals surface area contributed by atoms with Crippen molar-refractivity contribution in [1.82, 2.24) is 15.5 Å². The Hall–Kier alpha value is -1.72. The highest BCUT2D eigenvalue weighted by Crippen LogP contribution is 2.31. The summed E-state index contributed by atoms with van der Waals surface area (Å²) in [6.07, 6.45) is -4.34. The molecule has 0 saturated carbocycles. The number of carbonyl (C=O) groups is 1. The standard InChI is InChI=1S/C20H30F3N5O.HI/c1-4-24-19(26-9-8-25-18(29)15(2)3)28-12-10-27(11-13-28)17-7-5-6-16(14-17)20(21,22)23;/h5-7,14-15H,4,8-13H2,1-3H3,(H,24,26)(H,25,29);1H. The summed E-state index contributed by atoms with van der Waals surface area (Å²) in [6, 6.07) is 5.45. The van der Waals surface area contributed by atoms with E-state index in [0.717, 1.165) is 12.0 Å². The lowest BCUT2D eigenvalue weighted by Gasteiger charge is -2.38. The van der Waals surface area contributed by atoms with Crippen molar-refractivity contribution >= 4 is 41.5 Å². The third-order valence-electron chi connectivity index (χ3n) is 4.65. The molecule has 10 heteroatoms. The van der Waals surface area contributed by atoms with Crippen LogP contribution in [0.5, 0.6) is 0 Å². The molecule has 0 atom stereocenters. The summed E-state index contributed by atoms with van der Waals surface area (Å²) >= 11 is 0. The van der Waals surface area contributed by atoms with Crippen molar-refractivity contribution in [3.63, 3.8) is 0 Å². The Kier molecular flexibility index (Phi) is 10.7. The van der Waals surface area contributed by atoms with Crippen LogP contribution < -0.4 is 15.5 Å². The Morgan fingerprint density at radius 1 is 1.17 bits per heavy atom. The Morgan fingerprint density at radius 2 is 1.83 bits per heavy atom. The van der Waals surface area contributed by atoms with Crippen molar-refractivity contribution in [3.05, 3.63) is 29.8 Å². The van der Waals surface area contributed by atoms with E-state index in [-0.39, 0.29) is 35.8 Å². The van der Waals surface area contributed by atoms with E-state index < -0.39 is 11.7 Å². The average molecular weight is 541 g/mol. The molecule has 1 aromatic carbocycles. The third-order valence-corrected chi connectivity index (χ3v) is 4.65. The second-order valence-electron chi connectivity index (χ2n) is 7.20. The van der Waals surface area contributed by atoms with E-state index in [0.29, 0.717) is 51.5 Å². The van der Waals surface area contributed by atoms with Gasteiger partial charge in [0, 0.05) is 50.9 Å². The second kappa shape index (κ2) is 12.2. The van der Waals surface area contributed by atoms with Crippen molar-refractivity contribution in [2.24, 2.45) is 10.9 Å². The summed E-state index contributed by atoms with van der Waals surface area (Å²) in [4.78, 5) is 20.2. The van der Waals surface area contributed by atoms with Crippen molar-refractivity contribution in [3.8, 4) is 0 Å². The van der Waals surface area contributed by atoms with E-state index in [9.17, 15) is 18.0 Å². The van der Waals surface area contributed by atoms with E-state index in [4.69, 9.17) is 0 Å². The lowest BCUT2D eigenvalue weighted by molar-refractivity contribution is -0.137. The molecule has 1 aliphatic rings. The van der Waals surface area contributed by atoms with Crippen LogP contribution in [0, 0.1) is 5.92 Å². The first-order chi connectivity index (χ1) is 13.7. The topological polar surface area (TPSA) is 60.0 Å². The zero-order chi connectivity index (χ0) is 21.4. The van der Waals surface area contributed by atoms with Gasteiger partial charge in [0.25, 0.3) is 0 Å². The number of benzene rings is 1. The lowest BCUT2D eigenvalue weighted by atomic mass is 10.1. The minimum absolute atomic E-state index is 0. The summed E-state index contributed by atoms with van der Waals surface area (Å²) in [5.74, 6) is 0.700. The van der Waals surface area contributed by atoms with E-state index in [1.54, 1.807) is 6.07 Å². The van der Waals surface area contributed by atoms with Crippen molar-refractivity contribution in [1.29, 1.82) is 0 Å². The number of aliphatic imine (C=N–C) groups is 1. The molecule has 2 N–H and O–H groups in total. The molecule has 170 valence electrons. The van der Waals surface area contributed by atoms with Gasteiger partial charge < -0.3 is 20.4 Å². The molecule has 1 saturated heterocycles. The molecule has 0 aromatic heterocycles. The molecule has 1 aromatic rings. The number of rotatable bonds is 6. The molecule has 1 amide bonds. The molecule has 30 heavy (non-hydrogen) atoms. The summed E-state index contributed by atoms with van der Waals surface area (Å²) in [6.45, 7) is 9.83. The second-order valence-corrected chi connectivity index (χ2v) is 7.20. The van der Waals surface area contributed by atoms with Gasteiger partial charge in [0.1, 0.15) is 0 Å². The highest BCUT2D eigenvalue weighted by molar-refractivity contribution is 14.0. The van der Waals surface area contributed by atoms with Crippen LogP contribution in [0.4, 0.5) is 18.9 Å². The molecule has 0 unspecified atom stereocenters. The average Bonchev–Trinajstić information content (AvgIpc) is 2.69. The molecule has 6 nitrogen and oxygen atoms in total. The summed E-state index contributed by atoms with van der Waals surface area (Å²) in [7, 11) is 0. The van der Waals surface area contributed by atoms with Gasteiger partial charge in [0.2, 0.25) is 5.91 Å². The van der Waals surface area contributed by atoms with E-state index in [1.807, 2.05) is 25.7 Å². The molecule has 0 aliphatic carbocycles. The maximum Gasteiger partial charge on any atom is 0.416 e. The highest BCUT2D eigenvalue weighted by Gasteiger charge is 2.31. The Labute approximate surface area is 193 Å². The van der Waals surface area contributed by atoms with Crippen molar-refractivity contribution in [2.75, 3.05) is 50.7 Å². The first kappa shape index (κ1) is 26.3. The predicted octanol–water partition coefficient (Wildman–Crippen LogP) is 3.18. The number of hydrogen-bond acceptors (Lipinski definition) is 3. The number of carbonyl (C=O) groups excluding carboxylic acids is 1. The minimum atomic E-state index is -4.34. The van der Waals surface area contributed by atoms with Gasteiger partial charge in [0.05, 0.1) is 12.1 Å². The maximum atomic E-state index is 13.0. The Morgan fingerprint density at radius 3 is 2.40 bits per heavy atom. The van der Waals surface area contributed by atoms with Gasteiger partial charge in [-0.2, -0.15) is 13.2 Å². The molecular weight excluding hydrogens is 510 g/mol. The summed E-state index contributed by atoms with van der Waals surface area (Å²) in [5, 5.41) is 6.08. The number of halogens is 4. The fourth-order valence-corrected chi connectivity index (χ4v) is 3.03. The Bertz CT molecular complexity index is 704. The number of nitrogens with zero attached hydrogens (tertiary/aromatic N) is 3. The number of hydrogen-bond donors (Lipinski definition) is 2. The van der Waals surface area contributed by atoms with Gasteiger partial charge in [-0.1, -0.05) is 19.9 Å². The number of alkyl halides is 3. The summed E-state index contributed by atoms with van der Waals surface area (Å²) < 4.78 is 38.9. The monoisotopic (exact) mass is 541 g/mol. The van der Waals surface area contributed by atoms with Crippen LogP contribution in [0.2, 0.25) is 0 Å². The van der Waals surface area contributed by atoms with Gasteiger partial charge >= 0.3 is 6.18 Å². The molecule has 1 aliphatic heterocycles. The summed E-state index contributed by atoms with van der Waals surface area (Å²) in [5.41, 5.74) is -0.0476. The first-order valence-corrected chi connectivity index (χ1v) is 9.95. The fourth-order valence-electron chi connectivity index (χ4n) is 3.03. The third kappa shape index (κ3) is 7.84. The van der Waals surface area contributed by atoms with Crippen LogP contribution in [0.3, 0.4) is 0 Å². The van der Waals surface area contributed by atoms with Crippen molar-refractivity contribution in [2.45, 2.75) is 26.9 Å². The van der Waals surface area contributed by atoms with Crippen LogP contribution in [0.15, 0.2) is 29.3 Å². The normalized spacial score (nSPS) is 15.1. The van der Waals surface area contributed by atoms with E-state index >= 15 is 0 Å². The van der Waals surface area contributed by atoms with Gasteiger partial charge in [-0.05, 0) is 25.1 Å². The van der Waals surface area contributed by atoms with Gasteiger partial charge in [-0.3, -0.25) is 9.79 Å². The number of nitrogens with one attached hydrogen (secondary N) is 2. The smallest absolute Gasteiger partial charge is 0.368 e. The van der Waals surface area contributed by atoms with Gasteiger partial charge in [-0.25, -0.2) is 0 Å². The van der Waals surface area contributed by atoms with Crippen LogP contribution in [0.1, 0.15) is 26.3 Å². The van der Waals surface area contributed by atoms with Crippen LogP contribution >= 0.6 is 24.0 Å². The van der Waals surface area contributed by atoms with Crippen LogP contribution in [-0.2, 0) is 11.0 Å². The number of piperazine rings is 1. The largest absolute Gasteiger partial charge is 0.416 e. The first-order valence-electron chi connectivity index (χ1n) is 9.95. The SMILES string of the molecule is CCNC(=NCCNC(=O)C(C)C)N1CCN(c2cccc(C(F)(F)F)c2)CC1.I. The quantitative estimate of drug-likeness (QED) is 0.252. The van der Waals surface area contributed by atoms with Crippen LogP contribution in [0.25, 0.3) is 0 Å². The zero-order valence-corrected chi connectivity index (χ0v) is 20.0. The molecule has 0 bridgehead atoms. The van der Waals surface area contributed by atoms with E-state index in [2.05, 4.69) is 20.5 Å². The van der Waals surface area contributed by atoms with Crippen molar-refractivity contribution < 1.29 is 18.0 Å². The molecule has 1 heterocycles.